The van der Waals surface area contributed by atoms with E-state index in [0.29, 0.717) is 5.56 Å². The van der Waals surface area contributed by atoms with E-state index in [1.165, 1.54) is 23.3 Å². The second kappa shape index (κ2) is 4.25. The van der Waals surface area contributed by atoms with Crippen LogP contribution in [0, 0.1) is 17.0 Å². The SMILES string of the molecule is Cc1ccn(Cc2ccoc2)c(=O)c1[N+](=O)[O-]. The van der Waals surface area contributed by atoms with Gasteiger partial charge >= 0.3 is 11.2 Å². The maximum absolute atomic E-state index is 11.8. The monoisotopic (exact) mass is 234 g/mol. The molecule has 0 unspecified atom stereocenters. The zero-order chi connectivity index (χ0) is 12.4. The third-order valence-electron chi connectivity index (χ3n) is 2.46. The van der Waals surface area contributed by atoms with E-state index in [1.54, 1.807) is 19.1 Å². The molecule has 17 heavy (non-hydrogen) atoms. The normalized spacial score (nSPS) is 10.4. The molecule has 2 aromatic heterocycles. The number of pyridine rings is 1. The van der Waals surface area contributed by atoms with E-state index in [1.807, 2.05) is 0 Å². The molecule has 0 spiro atoms. The van der Waals surface area contributed by atoms with E-state index in [0.717, 1.165) is 5.56 Å². The van der Waals surface area contributed by atoms with E-state index < -0.39 is 10.5 Å². The fourth-order valence-corrected chi connectivity index (χ4v) is 1.58. The first-order valence-corrected chi connectivity index (χ1v) is 4.95. The number of hydrogen-bond acceptors (Lipinski definition) is 4. The quantitative estimate of drug-likeness (QED) is 0.598. The average molecular weight is 234 g/mol. The van der Waals surface area contributed by atoms with Crippen LogP contribution in [0.2, 0.25) is 0 Å². The molecule has 0 saturated heterocycles. The number of hydrogen-bond donors (Lipinski definition) is 0. The molecular formula is C11H10N2O4. The van der Waals surface area contributed by atoms with Crippen LogP contribution in [0.5, 0.6) is 0 Å². The van der Waals surface area contributed by atoms with Crippen molar-refractivity contribution >= 4 is 5.69 Å². The van der Waals surface area contributed by atoms with Crippen molar-refractivity contribution in [3.8, 4) is 0 Å². The Labute approximate surface area is 96.3 Å². The van der Waals surface area contributed by atoms with Crippen molar-refractivity contribution in [3.63, 3.8) is 0 Å². The highest BCUT2D eigenvalue weighted by atomic mass is 16.6. The summed E-state index contributed by atoms with van der Waals surface area (Å²) in [5.74, 6) is 0. The lowest BCUT2D eigenvalue weighted by molar-refractivity contribution is -0.387. The Balaban J connectivity index is 2.46. The Hall–Kier alpha value is -2.37. The molecule has 0 aromatic carbocycles. The molecule has 0 atom stereocenters. The number of nitro groups is 1. The van der Waals surface area contributed by atoms with E-state index in [4.69, 9.17) is 4.42 Å². The number of rotatable bonds is 3. The van der Waals surface area contributed by atoms with Crippen molar-refractivity contribution in [1.82, 2.24) is 4.57 Å². The lowest BCUT2D eigenvalue weighted by Crippen LogP contribution is -2.23. The zero-order valence-electron chi connectivity index (χ0n) is 9.12. The van der Waals surface area contributed by atoms with Gasteiger partial charge in [-0.05, 0) is 19.1 Å². The first-order valence-electron chi connectivity index (χ1n) is 4.95. The molecule has 2 heterocycles. The first kappa shape index (κ1) is 11.1. The second-order valence-electron chi connectivity index (χ2n) is 3.67. The van der Waals surface area contributed by atoms with Gasteiger partial charge in [-0.2, -0.15) is 0 Å². The van der Waals surface area contributed by atoms with E-state index in [-0.39, 0.29) is 12.2 Å². The van der Waals surface area contributed by atoms with Crippen LogP contribution in [0.15, 0.2) is 40.1 Å². The summed E-state index contributed by atoms with van der Waals surface area (Å²) >= 11 is 0. The average Bonchev–Trinajstić information content (AvgIpc) is 2.74. The first-order chi connectivity index (χ1) is 8.09. The number of nitrogens with zero attached hydrogens (tertiary/aromatic N) is 2. The molecule has 0 bridgehead atoms. The Morgan fingerprint density at radius 2 is 2.24 bits per heavy atom. The third kappa shape index (κ3) is 2.10. The number of furan rings is 1. The highest BCUT2D eigenvalue weighted by molar-refractivity contribution is 5.36. The van der Waals surface area contributed by atoms with Gasteiger partial charge < -0.3 is 8.98 Å². The minimum Gasteiger partial charge on any atom is -0.472 e. The summed E-state index contributed by atoms with van der Waals surface area (Å²) in [4.78, 5) is 22.0. The summed E-state index contributed by atoms with van der Waals surface area (Å²) in [6.07, 6.45) is 4.53. The Bertz CT molecular complexity index is 598. The smallest absolute Gasteiger partial charge is 0.336 e. The second-order valence-corrected chi connectivity index (χ2v) is 3.67. The van der Waals surface area contributed by atoms with Crippen LogP contribution in [0.3, 0.4) is 0 Å². The van der Waals surface area contributed by atoms with Crippen molar-refractivity contribution in [2.24, 2.45) is 0 Å². The molecule has 0 amide bonds. The van der Waals surface area contributed by atoms with Gasteiger partial charge in [-0.3, -0.25) is 14.9 Å². The van der Waals surface area contributed by atoms with E-state index in [9.17, 15) is 14.9 Å². The maximum atomic E-state index is 11.8. The van der Waals surface area contributed by atoms with Crippen molar-refractivity contribution < 1.29 is 9.34 Å². The van der Waals surface area contributed by atoms with Crippen LogP contribution in [0.25, 0.3) is 0 Å². The molecular weight excluding hydrogens is 224 g/mol. The molecule has 6 nitrogen and oxygen atoms in total. The van der Waals surface area contributed by atoms with Crippen molar-refractivity contribution in [3.05, 3.63) is 62.5 Å². The molecule has 0 fully saturated rings. The van der Waals surface area contributed by atoms with Gasteiger partial charge in [-0.15, -0.1) is 0 Å². The molecule has 0 aliphatic heterocycles. The van der Waals surface area contributed by atoms with Crippen molar-refractivity contribution in [2.45, 2.75) is 13.5 Å². The minimum absolute atomic E-state index is 0.260. The van der Waals surface area contributed by atoms with E-state index >= 15 is 0 Å². The summed E-state index contributed by atoms with van der Waals surface area (Å²) < 4.78 is 6.17. The predicted molar refractivity (Wildman–Crippen MR) is 59.9 cm³/mol. The number of aryl methyl sites for hydroxylation is 1. The summed E-state index contributed by atoms with van der Waals surface area (Å²) in [5.41, 5.74) is 0.167. The van der Waals surface area contributed by atoms with Gasteiger partial charge in [0.15, 0.2) is 0 Å². The maximum Gasteiger partial charge on any atom is 0.336 e. The van der Waals surface area contributed by atoms with Gasteiger partial charge in [0.1, 0.15) is 0 Å². The predicted octanol–water partition coefficient (Wildman–Crippen LogP) is 1.71. The van der Waals surface area contributed by atoms with Gasteiger partial charge in [0.05, 0.1) is 24.0 Å². The third-order valence-corrected chi connectivity index (χ3v) is 2.46. The highest BCUT2D eigenvalue weighted by Gasteiger charge is 2.18. The molecule has 0 aliphatic carbocycles. The van der Waals surface area contributed by atoms with Gasteiger partial charge in [0.25, 0.3) is 0 Å². The Kier molecular flexibility index (Phi) is 2.78. The summed E-state index contributed by atoms with van der Waals surface area (Å²) in [7, 11) is 0. The van der Waals surface area contributed by atoms with Crippen molar-refractivity contribution in [2.75, 3.05) is 0 Å². The molecule has 0 N–H and O–H groups in total. The largest absolute Gasteiger partial charge is 0.472 e. The standard InChI is InChI=1S/C11H10N2O4/c1-8-2-4-12(6-9-3-5-17-7-9)11(14)10(8)13(15)16/h2-5,7H,6H2,1H3. The lowest BCUT2D eigenvalue weighted by atomic mass is 10.2. The van der Waals surface area contributed by atoms with Gasteiger partial charge in [0, 0.05) is 17.3 Å². The van der Waals surface area contributed by atoms with Crippen LogP contribution in [-0.4, -0.2) is 9.49 Å². The van der Waals surface area contributed by atoms with Gasteiger partial charge in [0.2, 0.25) is 0 Å². The highest BCUT2D eigenvalue weighted by Crippen LogP contribution is 2.11. The minimum atomic E-state index is -0.649. The fourth-order valence-electron chi connectivity index (χ4n) is 1.58. The summed E-state index contributed by atoms with van der Waals surface area (Å²) in [6, 6.07) is 3.26. The molecule has 2 rings (SSSR count). The molecule has 6 heteroatoms. The topological polar surface area (TPSA) is 78.3 Å². The Morgan fingerprint density at radius 1 is 1.47 bits per heavy atom. The van der Waals surface area contributed by atoms with Crippen LogP contribution in [-0.2, 0) is 6.54 Å². The molecule has 88 valence electrons. The van der Waals surface area contributed by atoms with Crippen LogP contribution in [0.4, 0.5) is 5.69 Å². The number of aromatic nitrogens is 1. The molecule has 0 aliphatic rings. The lowest BCUT2D eigenvalue weighted by Gasteiger charge is -2.04. The van der Waals surface area contributed by atoms with Crippen LogP contribution < -0.4 is 5.56 Å². The summed E-state index contributed by atoms with van der Waals surface area (Å²) in [5, 5.41) is 10.8. The zero-order valence-corrected chi connectivity index (χ0v) is 9.12. The van der Waals surface area contributed by atoms with Crippen LogP contribution in [0.1, 0.15) is 11.1 Å². The van der Waals surface area contributed by atoms with Crippen LogP contribution >= 0.6 is 0 Å². The molecule has 2 aromatic rings. The van der Waals surface area contributed by atoms with Crippen molar-refractivity contribution in [1.29, 1.82) is 0 Å². The molecule has 0 radical (unpaired) electrons. The Morgan fingerprint density at radius 3 is 2.82 bits per heavy atom. The fraction of sp³-hybridized carbons (Fsp3) is 0.182. The van der Waals surface area contributed by atoms with E-state index in [2.05, 4.69) is 0 Å². The molecule has 0 saturated carbocycles. The summed E-state index contributed by atoms with van der Waals surface area (Å²) in [6.45, 7) is 1.80. The van der Waals surface area contributed by atoms with Gasteiger partial charge in [-0.25, -0.2) is 0 Å². The van der Waals surface area contributed by atoms with Gasteiger partial charge in [-0.1, -0.05) is 0 Å².